The van der Waals surface area contributed by atoms with Crippen molar-refractivity contribution in [2.75, 3.05) is 7.11 Å². The molecular formula is C13H17BrN2O4. The molecule has 0 spiro atoms. The molecule has 0 saturated carbocycles. The molecule has 0 aliphatic rings. The molecule has 0 saturated heterocycles. The highest BCUT2D eigenvalue weighted by molar-refractivity contribution is 9.10. The van der Waals surface area contributed by atoms with Crippen LogP contribution in [0.4, 0.5) is 5.69 Å². The number of nitrogens with one attached hydrogen (secondary N) is 1. The second-order valence-corrected chi connectivity index (χ2v) is 5.52. The summed E-state index contributed by atoms with van der Waals surface area (Å²) in [7, 11) is 1.34. The summed E-state index contributed by atoms with van der Waals surface area (Å²) in [6, 6.07) is 4.42. The molecule has 0 aliphatic carbocycles. The summed E-state index contributed by atoms with van der Waals surface area (Å²) in [5, 5.41) is 13.9. The van der Waals surface area contributed by atoms with Gasteiger partial charge in [-0.15, -0.1) is 0 Å². The van der Waals surface area contributed by atoms with Gasteiger partial charge in [0.05, 0.1) is 16.5 Å². The van der Waals surface area contributed by atoms with E-state index in [1.807, 2.05) is 13.8 Å². The Morgan fingerprint density at radius 3 is 2.65 bits per heavy atom. The standard InChI is InChI=1S/C13H17BrN2O4/c1-8(2)12(13(17)20-3)15-7-9-4-5-10(14)11(6-9)16(18)19/h4-6,8,12,15H,7H2,1-3H3. The van der Waals surface area contributed by atoms with E-state index in [0.29, 0.717) is 11.0 Å². The summed E-state index contributed by atoms with van der Waals surface area (Å²) in [5.74, 6) is -0.278. The number of nitrogens with zero attached hydrogens (tertiary/aromatic N) is 1. The maximum atomic E-state index is 11.6. The Kier molecular flexibility index (Phi) is 6.09. The summed E-state index contributed by atoms with van der Waals surface area (Å²) >= 11 is 3.13. The minimum Gasteiger partial charge on any atom is -0.468 e. The maximum Gasteiger partial charge on any atom is 0.323 e. The zero-order valence-electron chi connectivity index (χ0n) is 11.6. The van der Waals surface area contributed by atoms with Crippen molar-refractivity contribution in [2.24, 2.45) is 5.92 Å². The molecular weight excluding hydrogens is 328 g/mol. The maximum absolute atomic E-state index is 11.6. The van der Waals surface area contributed by atoms with Gasteiger partial charge in [0.1, 0.15) is 6.04 Å². The molecule has 7 heteroatoms. The molecule has 1 unspecified atom stereocenters. The van der Waals surface area contributed by atoms with Crippen LogP contribution in [-0.4, -0.2) is 24.0 Å². The van der Waals surface area contributed by atoms with E-state index >= 15 is 0 Å². The highest BCUT2D eigenvalue weighted by atomic mass is 79.9. The molecule has 0 aromatic heterocycles. The molecule has 6 nitrogen and oxygen atoms in total. The molecule has 1 N–H and O–H groups in total. The fourth-order valence-electron chi connectivity index (χ4n) is 1.75. The average Bonchev–Trinajstić information content (AvgIpc) is 2.39. The van der Waals surface area contributed by atoms with Crippen molar-refractivity contribution in [3.8, 4) is 0 Å². The van der Waals surface area contributed by atoms with Gasteiger partial charge in [0.15, 0.2) is 0 Å². The van der Waals surface area contributed by atoms with Crippen molar-refractivity contribution >= 4 is 27.6 Å². The van der Waals surface area contributed by atoms with Gasteiger partial charge < -0.3 is 10.1 Å². The quantitative estimate of drug-likeness (QED) is 0.487. The van der Waals surface area contributed by atoms with Crippen LogP contribution >= 0.6 is 15.9 Å². The summed E-state index contributed by atoms with van der Waals surface area (Å²) in [6.07, 6.45) is 0. The van der Waals surface area contributed by atoms with Crippen LogP contribution in [0, 0.1) is 16.0 Å². The number of rotatable bonds is 6. The fraction of sp³-hybridized carbons (Fsp3) is 0.462. The van der Waals surface area contributed by atoms with Gasteiger partial charge in [-0.2, -0.15) is 0 Å². The first kappa shape index (κ1) is 16.6. The number of methoxy groups -OCH3 is 1. The van der Waals surface area contributed by atoms with E-state index in [1.165, 1.54) is 13.2 Å². The number of hydrogen-bond donors (Lipinski definition) is 1. The molecule has 0 amide bonds. The lowest BCUT2D eigenvalue weighted by atomic mass is 10.0. The second-order valence-electron chi connectivity index (χ2n) is 4.67. The minimum absolute atomic E-state index is 0.00321. The van der Waals surface area contributed by atoms with Crippen LogP contribution in [0.25, 0.3) is 0 Å². The predicted octanol–water partition coefficient (Wildman–Crippen LogP) is 2.64. The zero-order chi connectivity index (χ0) is 15.3. The van der Waals surface area contributed by atoms with Crippen LogP contribution in [0.5, 0.6) is 0 Å². The van der Waals surface area contributed by atoms with Gasteiger partial charge >= 0.3 is 5.97 Å². The second kappa shape index (κ2) is 7.35. The van der Waals surface area contributed by atoms with Crippen molar-refractivity contribution in [1.29, 1.82) is 0 Å². The monoisotopic (exact) mass is 344 g/mol. The Hall–Kier alpha value is -1.47. The number of nitro groups is 1. The van der Waals surface area contributed by atoms with Crippen molar-refractivity contribution in [2.45, 2.75) is 26.4 Å². The third-order valence-electron chi connectivity index (χ3n) is 2.86. The molecule has 0 bridgehead atoms. The zero-order valence-corrected chi connectivity index (χ0v) is 13.1. The first-order valence-corrected chi connectivity index (χ1v) is 6.90. The van der Waals surface area contributed by atoms with Crippen LogP contribution < -0.4 is 5.32 Å². The Morgan fingerprint density at radius 1 is 1.50 bits per heavy atom. The van der Waals surface area contributed by atoms with Crippen LogP contribution in [-0.2, 0) is 16.1 Å². The Morgan fingerprint density at radius 2 is 2.15 bits per heavy atom. The summed E-state index contributed by atoms with van der Waals surface area (Å²) in [4.78, 5) is 22.0. The molecule has 0 aliphatic heterocycles. The van der Waals surface area contributed by atoms with Crippen LogP contribution in [0.2, 0.25) is 0 Å². The molecule has 1 aromatic carbocycles. The summed E-state index contributed by atoms with van der Waals surface area (Å²) < 4.78 is 5.16. The highest BCUT2D eigenvalue weighted by Gasteiger charge is 2.22. The normalized spacial score (nSPS) is 12.2. The van der Waals surface area contributed by atoms with E-state index in [-0.39, 0.29) is 17.6 Å². The molecule has 110 valence electrons. The number of benzene rings is 1. The first-order valence-electron chi connectivity index (χ1n) is 6.10. The van der Waals surface area contributed by atoms with Crippen LogP contribution in [0.15, 0.2) is 22.7 Å². The minimum atomic E-state index is -0.451. The molecule has 0 fully saturated rings. The molecule has 1 rings (SSSR count). The number of nitro benzene ring substituents is 1. The van der Waals surface area contributed by atoms with Gasteiger partial charge in [-0.05, 0) is 33.5 Å². The number of esters is 1. The number of carbonyl (C=O) groups is 1. The largest absolute Gasteiger partial charge is 0.468 e. The van der Waals surface area contributed by atoms with E-state index in [1.54, 1.807) is 12.1 Å². The summed E-state index contributed by atoms with van der Waals surface area (Å²) in [5.41, 5.74) is 0.734. The van der Waals surface area contributed by atoms with Crippen molar-refractivity contribution in [3.05, 3.63) is 38.3 Å². The van der Waals surface area contributed by atoms with Crippen molar-refractivity contribution in [3.63, 3.8) is 0 Å². The SMILES string of the molecule is COC(=O)C(NCc1ccc(Br)c([N+](=O)[O-])c1)C(C)C. The average molecular weight is 345 g/mol. The number of hydrogen-bond acceptors (Lipinski definition) is 5. The van der Waals surface area contributed by atoms with E-state index in [9.17, 15) is 14.9 Å². The van der Waals surface area contributed by atoms with E-state index in [4.69, 9.17) is 4.74 Å². The fourth-order valence-corrected chi connectivity index (χ4v) is 2.15. The van der Waals surface area contributed by atoms with Crippen molar-refractivity contribution in [1.82, 2.24) is 5.32 Å². The van der Waals surface area contributed by atoms with E-state index in [0.717, 1.165) is 5.56 Å². The van der Waals surface area contributed by atoms with E-state index < -0.39 is 11.0 Å². The molecule has 1 aromatic rings. The van der Waals surface area contributed by atoms with Gasteiger partial charge in [0, 0.05) is 12.6 Å². The molecule has 0 heterocycles. The summed E-state index contributed by atoms with van der Waals surface area (Å²) in [6.45, 7) is 4.16. The lowest BCUT2D eigenvalue weighted by Crippen LogP contribution is -2.41. The van der Waals surface area contributed by atoms with Gasteiger partial charge in [-0.1, -0.05) is 19.9 Å². The topological polar surface area (TPSA) is 81.5 Å². The van der Waals surface area contributed by atoms with E-state index in [2.05, 4.69) is 21.2 Å². The van der Waals surface area contributed by atoms with Crippen LogP contribution in [0.1, 0.15) is 19.4 Å². The number of carbonyl (C=O) groups excluding carboxylic acids is 1. The van der Waals surface area contributed by atoms with Crippen molar-refractivity contribution < 1.29 is 14.5 Å². The van der Waals surface area contributed by atoms with Gasteiger partial charge in [-0.25, -0.2) is 0 Å². The van der Waals surface area contributed by atoms with Gasteiger partial charge in [0.25, 0.3) is 5.69 Å². The van der Waals surface area contributed by atoms with Gasteiger partial charge in [-0.3, -0.25) is 14.9 Å². The smallest absolute Gasteiger partial charge is 0.323 e. The lowest BCUT2D eigenvalue weighted by molar-refractivity contribution is -0.385. The molecule has 20 heavy (non-hydrogen) atoms. The number of ether oxygens (including phenoxy) is 1. The Balaban J connectivity index is 2.81. The molecule has 0 radical (unpaired) electrons. The Labute approximate surface area is 125 Å². The first-order chi connectivity index (χ1) is 9.36. The number of halogens is 1. The Bertz CT molecular complexity index is 505. The lowest BCUT2D eigenvalue weighted by Gasteiger charge is -2.19. The van der Waals surface area contributed by atoms with Crippen LogP contribution in [0.3, 0.4) is 0 Å². The third kappa shape index (κ3) is 4.28. The molecule has 1 atom stereocenters. The highest BCUT2D eigenvalue weighted by Crippen LogP contribution is 2.25. The third-order valence-corrected chi connectivity index (χ3v) is 3.53. The van der Waals surface area contributed by atoms with Gasteiger partial charge in [0.2, 0.25) is 0 Å². The predicted molar refractivity (Wildman–Crippen MR) is 78.3 cm³/mol.